The second kappa shape index (κ2) is 8.66. The second-order valence-corrected chi connectivity index (χ2v) is 6.46. The summed E-state index contributed by atoms with van der Waals surface area (Å²) in [4.78, 5) is 23.9. The molecule has 0 saturated heterocycles. The van der Waals surface area contributed by atoms with Crippen LogP contribution >= 0.6 is 12.2 Å². The summed E-state index contributed by atoms with van der Waals surface area (Å²) in [6.07, 6.45) is 5.41. The van der Waals surface area contributed by atoms with E-state index in [1.807, 2.05) is 33.9 Å². The molecule has 0 bridgehead atoms. The van der Waals surface area contributed by atoms with Gasteiger partial charge in [-0.25, -0.2) is 14.2 Å². The SMILES string of the molecule is CCCc1nn(CC(=O)Nc2ccc(C(=O)OC)cc2)c(=S)n1-n1cccc1. The number of amides is 1. The van der Waals surface area contributed by atoms with Crippen LogP contribution in [-0.4, -0.2) is 38.1 Å². The number of hydrogen-bond acceptors (Lipinski definition) is 5. The van der Waals surface area contributed by atoms with Crippen molar-refractivity contribution in [1.82, 2.24) is 19.1 Å². The molecule has 2 aromatic heterocycles. The average Bonchev–Trinajstić information content (AvgIpc) is 3.30. The van der Waals surface area contributed by atoms with Gasteiger partial charge in [0.15, 0.2) is 5.82 Å². The normalized spacial score (nSPS) is 10.6. The van der Waals surface area contributed by atoms with E-state index in [9.17, 15) is 9.59 Å². The van der Waals surface area contributed by atoms with Crippen LogP contribution in [0.25, 0.3) is 0 Å². The maximum absolute atomic E-state index is 12.4. The van der Waals surface area contributed by atoms with E-state index < -0.39 is 5.97 Å². The number of ether oxygens (including phenoxy) is 1. The molecule has 0 atom stereocenters. The molecule has 0 radical (unpaired) electrons. The lowest BCUT2D eigenvalue weighted by atomic mass is 10.2. The van der Waals surface area contributed by atoms with E-state index in [2.05, 4.69) is 22.1 Å². The summed E-state index contributed by atoms with van der Waals surface area (Å²) in [5, 5.41) is 7.30. The smallest absolute Gasteiger partial charge is 0.337 e. The van der Waals surface area contributed by atoms with E-state index in [0.717, 1.165) is 18.7 Å². The first kappa shape index (κ1) is 19.6. The minimum Gasteiger partial charge on any atom is -0.465 e. The molecule has 8 nitrogen and oxygen atoms in total. The highest BCUT2D eigenvalue weighted by molar-refractivity contribution is 7.71. The first-order valence-corrected chi connectivity index (χ1v) is 9.25. The van der Waals surface area contributed by atoms with Gasteiger partial charge in [-0.1, -0.05) is 6.92 Å². The maximum atomic E-state index is 12.4. The third-order valence-corrected chi connectivity index (χ3v) is 4.44. The molecule has 9 heteroatoms. The van der Waals surface area contributed by atoms with Gasteiger partial charge in [-0.15, -0.1) is 0 Å². The monoisotopic (exact) mass is 399 g/mol. The van der Waals surface area contributed by atoms with Crippen molar-refractivity contribution in [2.75, 3.05) is 12.4 Å². The fourth-order valence-corrected chi connectivity index (χ4v) is 3.07. The molecule has 0 saturated carbocycles. The Morgan fingerprint density at radius 2 is 1.86 bits per heavy atom. The van der Waals surface area contributed by atoms with E-state index in [0.29, 0.717) is 16.0 Å². The number of aryl methyl sites for hydroxylation is 1. The molecule has 1 amide bonds. The predicted octanol–water partition coefficient (Wildman–Crippen LogP) is 2.90. The van der Waals surface area contributed by atoms with Crippen molar-refractivity contribution >= 4 is 29.8 Å². The molecule has 0 spiro atoms. The summed E-state index contributed by atoms with van der Waals surface area (Å²) in [6.45, 7) is 2.05. The number of aromatic nitrogens is 4. The minimum absolute atomic E-state index is 0.0113. The summed E-state index contributed by atoms with van der Waals surface area (Å²) in [5.74, 6) is 0.101. The first-order valence-electron chi connectivity index (χ1n) is 8.84. The summed E-state index contributed by atoms with van der Waals surface area (Å²) in [7, 11) is 1.32. The number of nitrogens with zero attached hydrogens (tertiary/aromatic N) is 4. The minimum atomic E-state index is -0.428. The fourth-order valence-electron chi connectivity index (χ4n) is 2.76. The molecule has 0 aliphatic heterocycles. The van der Waals surface area contributed by atoms with E-state index >= 15 is 0 Å². The first-order chi connectivity index (χ1) is 13.5. The highest BCUT2D eigenvalue weighted by Crippen LogP contribution is 2.11. The molecule has 3 rings (SSSR count). The summed E-state index contributed by atoms with van der Waals surface area (Å²) >= 11 is 5.53. The predicted molar refractivity (Wildman–Crippen MR) is 107 cm³/mol. The Kier molecular flexibility index (Phi) is 6.05. The van der Waals surface area contributed by atoms with Crippen molar-refractivity contribution < 1.29 is 14.3 Å². The number of methoxy groups -OCH3 is 1. The molecular formula is C19H21N5O3S. The standard InChI is InChI=1S/C19H21N5O3S/c1-3-6-16-21-23(19(28)24(16)22-11-4-5-12-22)13-17(25)20-15-9-7-14(8-10-15)18(26)27-2/h4-5,7-12H,3,6,13H2,1-2H3,(H,20,25). The van der Waals surface area contributed by atoms with E-state index in [-0.39, 0.29) is 12.5 Å². The molecule has 1 N–H and O–H groups in total. The Labute approximate surface area is 167 Å². The molecule has 0 aliphatic carbocycles. The molecule has 0 unspecified atom stereocenters. The van der Waals surface area contributed by atoms with Crippen LogP contribution in [-0.2, 0) is 22.5 Å². The van der Waals surface area contributed by atoms with Gasteiger partial charge in [0.2, 0.25) is 10.7 Å². The zero-order valence-electron chi connectivity index (χ0n) is 15.7. The number of rotatable bonds is 7. The van der Waals surface area contributed by atoms with Crippen molar-refractivity contribution in [1.29, 1.82) is 0 Å². The van der Waals surface area contributed by atoms with Crippen LogP contribution in [0.3, 0.4) is 0 Å². The lowest BCUT2D eigenvalue weighted by Crippen LogP contribution is -2.20. The number of nitrogens with one attached hydrogen (secondary N) is 1. The number of benzene rings is 1. The van der Waals surface area contributed by atoms with Gasteiger partial charge in [0, 0.05) is 24.5 Å². The van der Waals surface area contributed by atoms with Gasteiger partial charge in [-0.05, 0) is 55.0 Å². The Morgan fingerprint density at radius 1 is 1.18 bits per heavy atom. The Bertz CT molecular complexity index is 1020. The summed E-state index contributed by atoms with van der Waals surface area (Å²) in [5.41, 5.74) is 0.986. The molecule has 146 valence electrons. The van der Waals surface area contributed by atoms with Gasteiger partial charge in [0.25, 0.3) is 0 Å². The number of hydrogen-bond donors (Lipinski definition) is 1. The average molecular weight is 399 g/mol. The van der Waals surface area contributed by atoms with Crippen LogP contribution < -0.4 is 5.32 Å². The van der Waals surface area contributed by atoms with Crippen LogP contribution in [0.15, 0.2) is 48.8 Å². The van der Waals surface area contributed by atoms with Crippen molar-refractivity contribution in [2.45, 2.75) is 26.3 Å². The molecular weight excluding hydrogens is 378 g/mol. The number of anilines is 1. The summed E-state index contributed by atoms with van der Waals surface area (Å²) in [6, 6.07) is 10.3. The molecule has 0 fully saturated rings. The van der Waals surface area contributed by atoms with E-state index in [4.69, 9.17) is 12.2 Å². The Morgan fingerprint density at radius 3 is 2.46 bits per heavy atom. The van der Waals surface area contributed by atoms with Crippen molar-refractivity contribution in [3.8, 4) is 0 Å². The van der Waals surface area contributed by atoms with Crippen LogP contribution in [0.2, 0.25) is 0 Å². The zero-order chi connectivity index (χ0) is 20.1. The van der Waals surface area contributed by atoms with Crippen LogP contribution in [0.5, 0.6) is 0 Å². The molecule has 3 aromatic rings. The second-order valence-electron chi connectivity index (χ2n) is 6.10. The van der Waals surface area contributed by atoms with E-state index in [1.165, 1.54) is 11.8 Å². The van der Waals surface area contributed by atoms with Crippen LogP contribution in [0.1, 0.15) is 29.5 Å². The third-order valence-electron chi connectivity index (χ3n) is 4.06. The van der Waals surface area contributed by atoms with Gasteiger partial charge in [0.1, 0.15) is 6.54 Å². The van der Waals surface area contributed by atoms with Crippen molar-refractivity contribution in [3.05, 3.63) is 65.0 Å². The summed E-state index contributed by atoms with van der Waals surface area (Å²) < 4.78 is 10.3. The Hall–Kier alpha value is -3.20. The van der Waals surface area contributed by atoms with E-state index in [1.54, 1.807) is 24.3 Å². The fraction of sp³-hybridized carbons (Fsp3) is 0.263. The van der Waals surface area contributed by atoms with Gasteiger partial charge in [-0.3, -0.25) is 9.47 Å². The number of carbonyl (C=O) groups is 2. The highest BCUT2D eigenvalue weighted by atomic mass is 32.1. The highest BCUT2D eigenvalue weighted by Gasteiger charge is 2.14. The number of carbonyl (C=O) groups excluding carboxylic acids is 2. The quantitative estimate of drug-likeness (QED) is 0.488. The topological polar surface area (TPSA) is 83.1 Å². The zero-order valence-corrected chi connectivity index (χ0v) is 16.5. The lowest BCUT2D eigenvalue weighted by molar-refractivity contribution is -0.116. The molecule has 28 heavy (non-hydrogen) atoms. The number of esters is 1. The third kappa shape index (κ3) is 4.20. The van der Waals surface area contributed by atoms with Gasteiger partial charge in [-0.2, -0.15) is 5.10 Å². The largest absolute Gasteiger partial charge is 0.465 e. The maximum Gasteiger partial charge on any atom is 0.337 e. The molecule has 0 aliphatic rings. The van der Waals surface area contributed by atoms with Gasteiger partial charge < -0.3 is 10.1 Å². The van der Waals surface area contributed by atoms with Gasteiger partial charge in [0.05, 0.1) is 12.7 Å². The molecule has 2 heterocycles. The van der Waals surface area contributed by atoms with Crippen molar-refractivity contribution in [2.24, 2.45) is 0 Å². The van der Waals surface area contributed by atoms with Crippen molar-refractivity contribution in [3.63, 3.8) is 0 Å². The Balaban J connectivity index is 1.76. The van der Waals surface area contributed by atoms with Crippen LogP contribution in [0, 0.1) is 4.77 Å². The molecule has 1 aromatic carbocycles. The van der Waals surface area contributed by atoms with Gasteiger partial charge >= 0.3 is 5.97 Å². The lowest BCUT2D eigenvalue weighted by Gasteiger charge is -2.07. The van der Waals surface area contributed by atoms with Crippen LogP contribution in [0.4, 0.5) is 5.69 Å².